The van der Waals surface area contributed by atoms with Crippen LogP contribution in [0.4, 0.5) is 5.69 Å². The molecule has 1 aliphatic carbocycles. The van der Waals surface area contributed by atoms with Crippen LogP contribution >= 0.6 is 11.6 Å². The van der Waals surface area contributed by atoms with Crippen molar-refractivity contribution in [3.8, 4) is 0 Å². The summed E-state index contributed by atoms with van der Waals surface area (Å²) in [5, 5.41) is 3.38. The molecule has 0 saturated carbocycles. The van der Waals surface area contributed by atoms with Crippen LogP contribution in [0, 0.1) is 6.92 Å². The van der Waals surface area contributed by atoms with Crippen molar-refractivity contribution in [1.82, 2.24) is 5.32 Å². The van der Waals surface area contributed by atoms with E-state index in [1.54, 1.807) is 18.2 Å². The first-order chi connectivity index (χ1) is 12.7. The Kier molecular flexibility index (Phi) is 7.74. The summed E-state index contributed by atoms with van der Waals surface area (Å²) in [4.78, 5) is 12.8. The number of amides is 1. The molecule has 1 amide bonds. The minimum Gasteiger partial charge on any atom is -0.354 e. The lowest BCUT2D eigenvalue weighted by atomic mass is 9.97. The predicted molar refractivity (Wildman–Crippen MR) is 112 cm³/mol. The molecule has 0 aromatic heterocycles. The molecule has 1 N–H and O–H groups in total. The van der Waals surface area contributed by atoms with Crippen molar-refractivity contribution in [1.29, 1.82) is 0 Å². The van der Waals surface area contributed by atoms with Crippen LogP contribution < -0.4 is 9.62 Å². The molecule has 1 aromatic carbocycles. The third-order valence-corrected chi connectivity index (χ3v) is 6.46. The standard InChI is InChI=1S/C20H29ClN2O3S/c1-4-19(20(24)22-13-12-16-8-6-5-7-9-16)23(27(3,25)26)17-11-10-15(2)18(21)14-17/h8,10-11,14,19H,4-7,9,12-13H2,1-3H3,(H,22,24)/t19-/m1/s1. The lowest BCUT2D eigenvalue weighted by molar-refractivity contribution is -0.122. The number of nitrogens with one attached hydrogen (secondary N) is 1. The average molecular weight is 413 g/mol. The lowest BCUT2D eigenvalue weighted by Gasteiger charge is -2.30. The molecule has 7 heteroatoms. The Morgan fingerprint density at radius 1 is 1.33 bits per heavy atom. The van der Waals surface area contributed by atoms with Gasteiger partial charge in [-0.25, -0.2) is 8.42 Å². The Bertz CT molecular complexity index is 805. The molecule has 150 valence electrons. The number of carbonyl (C=O) groups is 1. The van der Waals surface area contributed by atoms with Gasteiger partial charge in [-0.3, -0.25) is 9.10 Å². The number of sulfonamides is 1. The van der Waals surface area contributed by atoms with Crippen molar-refractivity contribution in [2.24, 2.45) is 0 Å². The number of nitrogens with zero attached hydrogens (tertiary/aromatic N) is 1. The first kappa shape index (κ1) is 21.8. The van der Waals surface area contributed by atoms with Gasteiger partial charge in [0.1, 0.15) is 6.04 Å². The maximum atomic E-state index is 12.8. The van der Waals surface area contributed by atoms with E-state index >= 15 is 0 Å². The number of carbonyl (C=O) groups excluding carboxylic acids is 1. The van der Waals surface area contributed by atoms with Gasteiger partial charge in [-0.1, -0.05) is 36.2 Å². The highest BCUT2D eigenvalue weighted by Crippen LogP contribution is 2.27. The van der Waals surface area contributed by atoms with E-state index in [0.717, 1.165) is 31.1 Å². The molecule has 0 saturated heterocycles. The molecule has 0 radical (unpaired) electrons. The van der Waals surface area contributed by atoms with Crippen LogP contribution in [-0.2, 0) is 14.8 Å². The van der Waals surface area contributed by atoms with E-state index in [9.17, 15) is 13.2 Å². The topological polar surface area (TPSA) is 66.5 Å². The highest BCUT2D eigenvalue weighted by Gasteiger charge is 2.31. The molecule has 0 bridgehead atoms. The van der Waals surface area contributed by atoms with Crippen LogP contribution in [0.15, 0.2) is 29.8 Å². The second kappa shape index (κ2) is 9.60. The normalized spacial score (nSPS) is 15.8. The highest BCUT2D eigenvalue weighted by atomic mass is 35.5. The number of anilines is 1. The molecule has 1 atom stereocenters. The number of aryl methyl sites for hydroxylation is 1. The molecule has 0 spiro atoms. The largest absolute Gasteiger partial charge is 0.354 e. The summed E-state index contributed by atoms with van der Waals surface area (Å²) in [5.74, 6) is -0.281. The Morgan fingerprint density at radius 3 is 2.63 bits per heavy atom. The molecule has 2 rings (SSSR count). The predicted octanol–water partition coefficient (Wildman–Crippen LogP) is 4.20. The van der Waals surface area contributed by atoms with E-state index in [1.165, 1.54) is 22.7 Å². The fourth-order valence-electron chi connectivity index (χ4n) is 3.37. The Morgan fingerprint density at radius 2 is 2.07 bits per heavy atom. The van der Waals surface area contributed by atoms with Gasteiger partial charge >= 0.3 is 0 Å². The fourth-order valence-corrected chi connectivity index (χ4v) is 4.75. The molecule has 1 aromatic rings. The average Bonchev–Trinajstić information content (AvgIpc) is 2.62. The Hall–Kier alpha value is -1.53. The molecule has 27 heavy (non-hydrogen) atoms. The Labute approximate surface area is 167 Å². The van der Waals surface area contributed by atoms with Crippen molar-refractivity contribution in [2.45, 2.75) is 58.4 Å². The number of hydrogen-bond donors (Lipinski definition) is 1. The zero-order valence-electron chi connectivity index (χ0n) is 16.3. The minimum absolute atomic E-state index is 0.281. The van der Waals surface area contributed by atoms with Crippen LogP contribution in [0.25, 0.3) is 0 Å². The quantitative estimate of drug-likeness (QED) is 0.650. The minimum atomic E-state index is -3.65. The fraction of sp³-hybridized carbons (Fsp3) is 0.550. The van der Waals surface area contributed by atoms with Gasteiger partial charge < -0.3 is 5.32 Å². The summed E-state index contributed by atoms with van der Waals surface area (Å²) >= 11 is 6.18. The Balaban J connectivity index is 2.15. The van der Waals surface area contributed by atoms with Gasteiger partial charge in [0.25, 0.3) is 0 Å². The summed E-state index contributed by atoms with van der Waals surface area (Å²) in [7, 11) is -3.65. The summed E-state index contributed by atoms with van der Waals surface area (Å²) in [6.07, 6.45) is 9.18. The second-order valence-corrected chi connectivity index (χ2v) is 9.33. The molecular formula is C20H29ClN2O3S. The van der Waals surface area contributed by atoms with Gasteiger partial charge in [-0.15, -0.1) is 0 Å². The highest BCUT2D eigenvalue weighted by molar-refractivity contribution is 7.92. The van der Waals surface area contributed by atoms with E-state index in [2.05, 4.69) is 11.4 Å². The van der Waals surface area contributed by atoms with E-state index in [0.29, 0.717) is 23.7 Å². The van der Waals surface area contributed by atoms with E-state index in [1.807, 2.05) is 13.8 Å². The van der Waals surface area contributed by atoms with Gasteiger partial charge in [0.2, 0.25) is 15.9 Å². The summed E-state index contributed by atoms with van der Waals surface area (Å²) in [5.41, 5.74) is 2.64. The molecular weight excluding hydrogens is 384 g/mol. The van der Waals surface area contributed by atoms with Crippen LogP contribution in [0.2, 0.25) is 5.02 Å². The first-order valence-electron chi connectivity index (χ1n) is 9.45. The monoisotopic (exact) mass is 412 g/mol. The molecule has 0 unspecified atom stereocenters. The number of rotatable bonds is 8. The second-order valence-electron chi connectivity index (χ2n) is 7.07. The van der Waals surface area contributed by atoms with Crippen LogP contribution in [0.5, 0.6) is 0 Å². The molecule has 5 nitrogen and oxygen atoms in total. The van der Waals surface area contributed by atoms with Gasteiger partial charge in [0.05, 0.1) is 11.9 Å². The van der Waals surface area contributed by atoms with Gasteiger partial charge in [-0.05, 0) is 63.1 Å². The van der Waals surface area contributed by atoms with Crippen LogP contribution in [0.1, 0.15) is 51.0 Å². The van der Waals surface area contributed by atoms with Crippen LogP contribution in [-0.4, -0.2) is 33.2 Å². The number of allylic oxidation sites excluding steroid dienone is 1. The molecule has 0 heterocycles. The van der Waals surface area contributed by atoms with Crippen molar-refractivity contribution in [3.63, 3.8) is 0 Å². The summed E-state index contributed by atoms with van der Waals surface area (Å²) in [6, 6.07) is 4.24. The lowest BCUT2D eigenvalue weighted by Crippen LogP contribution is -2.49. The third-order valence-electron chi connectivity index (χ3n) is 4.87. The number of benzene rings is 1. The first-order valence-corrected chi connectivity index (χ1v) is 11.7. The SMILES string of the molecule is CC[C@H](C(=O)NCCC1=CCCCC1)N(c1ccc(C)c(Cl)c1)S(C)(=O)=O. The van der Waals surface area contributed by atoms with Crippen molar-refractivity contribution < 1.29 is 13.2 Å². The van der Waals surface area contributed by atoms with E-state index in [4.69, 9.17) is 11.6 Å². The van der Waals surface area contributed by atoms with E-state index < -0.39 is 16.1 Å². The van der Waals surface area contributed by atoms with E-state index in [-0.39, 0.29) is 5.91 Å². The molecule has 1 aliphatic rings. The summed E-state index contributed by atoms with van der Waals surface area (Å²) < 4.78 is 26.1. The third kappa shape index (κ3) is 5.98. The number of hydrogen-bond acceptors (Lipinski definition) is 3. The maximum Gasteiger partial charge on any atom is 0.243 e. The van der Waals surface area contributed by atoms with Crippen LogP contribution in [0.3, 0.4) is 0 Å². The van der Waals surface area contributed by atoms with Gasteiger partial charge in [0.15, 0.2) is 0 Å². The zero-order chi connectivity index (χ0) is 20.0. The summed E-state index contributed by atoms with van der Waals surface area (Å²) in [6.45, 7) is 4.18. The maximum absolute atomic E-state index is 12.8. The van der Waals surface area contributed by atoms with Crippen molar-refractivity contribution >= 4 is 33.2 Å². The van der Waals surface area contributed by atoms with Gasteiger partial charge in [-0.2, -0.15) is 0 Å². The smallest absolute Gasteiger partial charge is 0.243 e. The van der Waals surface area contributed by atoms with Crippen molar-refractivity contribution in [2.75, 3.05) is 17.1 Å². The van der Waals surface area contributed by atoms with Crippen molar-refractivity contribution in [3.05, 3.63) is 40.4 Å². The number of halogens is 1. The molecule has 0 aliphatic heterocycles. The molecule has 0 fully saturated rings. The van der Waals surface area contributed by atoms with Gasteiger partial charge in [0, 0.05) is 11.6 Å². The zero-order valence-corrected chi connectivity index (χ0v) is 17.9.